The maximum atomic E-state index is 13.4. The standard InChI is InChI=1S/C28H40N2O3/c1-7-18-29-27(32)25(8-2)30(20-22-10-9-11-24(19-22)33-6)26(31)17-14-21-12-15-23(16-13-21)28(3,4)5/h9-13,15-16,19,25H,7-8,14,17-18,20H2,1-6H3,(H,29,32). The number of hydrogen-bond acceptors (Lipinski definition) is 3. The van der Waals surface area contributed by atoms with Gasteiger partial charge in [-0.1, -0.05) is 71.0 Å². The third kappa shape index (κ3) is 7.92. The van der Waals surface area contributed by atoms with Crippen LogP contribution in [0.1, 0.15) is 70.6 Å². The van der Waals surface area contributed by atoms with Gasteiger partial charge in [0.25, 0.3) is 0 Å². The number of aryl methyl sites for hydroxylation is 1. The molecule has 0 bridgehead atoms. The van der Waals surface area contributed by atoms with Crippen molar-refractivity contribution in [1.82, 2.24) is 10.2 Å². The normalized spacial score (nSPS) is 12.2. The van der Waals surface area contributed by atoms with Crippen LogP contribution in [0.4, 0.5) is 0 Å². The average molecular weight is 453 g/mol. The second kappa shape index (κ2) is 12.4. The number of nitrogens with one attached hydrogen (secondary N) is 1. The Morgan fingerprint density at radius 1 is 1.03 bits per heavy atom. The Labute approximate surface area is 199 Å². The van der Waals surface area contributed by atoms with Gasteiger partial charge in [0.05, 0.1) is 7.11 Å². The quantitative estimate of drug-likeness (QED) is 0.506. The van der Waals surface area contributed by atoms with E-state index in [0.717, 1.165) is 23.3 Å². The maximum Gasteiger partial charge on any atom is 0.242 e. The number of methoxy groups -OCH3 is 1. The number of benzene rings is 2. The van der Waals surface area contributed by atoms with Gasteiger partial charge in [-0.25, -0.2) is 0 Å². The third-order valence-corrected chi connectivity index (χ3v) is 5.87. The summed E-state index contributed by atoms with van der Waals surface area (Å²) in [7, 11) is 1.63. The van der Waals surface area contributed by atoms with Crippen molar-refractivity contribution in [3.63, 3.8) is 0 Å². The number of carbonyl (C=O) groups excluding carboxylic acids is 2. The van der Waals surface area contributed by atoms with Crippen molar-refractivity contribution >= 4 is 11.8 Å². The second-order valence-corrected chi connectivity index (χ2v) is 9.54. The summed E-state index contributed by atoms with van der Waals surface area (Å²) in [6.45, 7) is 11.5. The van der Waals surface area contributed by atoms with Gasteiger partial charge in [-0.15, -0.1) is 0 Å². The first-order valence-electron chi connectivity index (χ1n) is 12.0. The molecule has 180 valence electrons. The molecule has 0 heterocycles. The SMILES string of the molecule is CCCNC(=O)C(CC)N(Cc1cccc(OC)c1)C(=O)CCc1ccc(C(C)(C)C)cc1. The van der Waals surface area contributed by atoms with Crippen molar-refractivity contribution in [2.45, 2.75) is 78.3 Å². The molecular formula is C28H40N2O3. The average Bonchev–Trinajstić information content (AvgIpc) is 2.80. The zero-order valence-electron chi connectivity index (χ0n) is 21.1. The number of nitrogens with zero attached hydrogens (tertiary/aromatic N) is 1. The molecule has 1 atom stereocenters. The number of ether oxygens (including phenoxy) is 1. The topological polar surface area (TPSA) is 58.6 Å². The molecule has 0 saturated heterocycles. The van der Waals surface area contributed by atoms with Gasteiger partial charge in [0.1, 0.15) is 11.8 Å². The summed E-state index contributed by atoms with van der Waals surface area (Å²) in [6.07, 6.45) is 2.42. The van der Waals surface area contributed by atoms with Crippen molar-refractivity contribution in [2.75, 3.05) is 13.7 Å². The summed E-state index contributed by atoms with van der Waals surface area (Å²) in [5.41, 5.74) is 3.44. The molecular weight excluding hydrogens is 412 g/mol. The van der Waals surface area contributed by atoms with E-state index in [1.807, 2.05) is 38.1 Å². The molecule has 0 aliphatic heterocycles. The van der Waals surface area contributed by atoms with E-state index in [0.29, 0.717) is 32.4 Å². The summed E-state index contributed by atoms with van der Waals surface area (Å²) in [5, 5.41) is 2.96. The molecule has 0 saturated carbocycles. The monoisotopic (exact) mass is 452 g/mol. The minimum atomic E-state index is -0.501. The van der Waals surface area contributed by atoms with Crippen molar-refractivity contribution in [1.29, 1.82) is 0 Å². The zero-order chi connectivity index (χ0) is 24.4. The lowest BCUT2D eigenvalue weighted by Crippen LogP contribution is -2.49. The largest absolute Gasteiger partial charge is 0.497 e. The van der Waals surface area contributed by atoms with Gasteiger partial charge in [0.2, 0.25) is 11.8 Å². The number of rotatable bonds is 11. The van der Waals surface area contributed by atoms with Gasteiger partial charge in [-0.2, -0.15) is 0 Å². The van der Waals surface area contributed by atoms with Crippen LogP contribution >= 0.6 is 0 Å². The molecule has 1 N–H and O–H groups in total. The van der Waals surface area contributed by atoms with Crippen molar-refractivity contribution < 1.29 is 14.3 Å². The number of hydrogen-bond donors (Lipinski definition) is 1. The van der Waals surface area contributed by atoms with E-state index < -0.39 is 6.04 Å². The fraction of sp³-hybridized carbons (Fsp3) is 0.500. The first-order valence-corrected chi connectivity index (χ1v) is 12.0. The highest BCUT2D eigenvalue weighted by Crippen LogP contribution is 2.23. The molecule has 0 spiro atoms. The van der Waals surface area contributed by atoms with E-state index in [1.54, 1.807) is 12.0 Å². The predicted molar refractivity (Wildman–Crippen MR) is 134 cm³/mol. The predicted octanol–water partition coefficient (Wildman–Crippen LogP) is 5.26. The fourth-order valence-electron chi connectivity index (χ4n) is 3.82. The van der Waals surface area contributed by atoms with Crippen molar-refractivity contribution in [2.24, 2.45) is 0 Å². The first-order chi connectivity index (χ1) is 15.7. The Bertz CT molecular complexity index is 900. The molecule has 5 nitrogen and oxygen atoms in total. The smallest absolute Gasteiger partial charge is 0.242 e. The highest BCUT2D eigenvalue weighted by Gasteiger charge is 2.28. The fourth-order valence-corrected chi connectivity index (χ4v) is 3.82. The minimum absolute atomic E-state index is 0.0174. The Hall–Kier alpha value is -2.82. The Morgan fingerprint density at radius 3 is 2.30 bits per heavy atom. The van der Waals surface area contributed by atoms with E-state index in [1.165, 1.54) is 5.56 Å². The lowest BCUT2D eigenvalue weighted by atomic mass is 9.86. The number of amides is 2. The maximum absolute atomic E-state index is 13.4. The second-order valence-electron chi connectivity index (χ2n) is 9.54. The van der Waals surface area contributed by atoms with Crippen LogP contribution in [-0.4, -0.2) is 36.4 Å². The summed E-state index contributed by atoms with van der Waals surface area (Å²) in [4.78, 5) is 28.0. The molecule has 0 aliphatic rings. The molecule has 2 amide bonds. The van der Waals surface area contributed by atoms with Crippen LogP contribution in [0.2, 0.25) is 0 Å². The lowest BCUT2D eigenvalue weighted by molar-refractivity contribution is -0.141. The molecule has 2 aromatic rings. The summed E-state index contributed by atoms with van der Waals surface area (Å²) in [5.74, 6) is 0.628. The highest BCUT2D eigenvalue weighted by atomic mass is 16.5. The summed E-state index contributed by atoms with van der Waals surface area (Å²) >= 11 is 0. The van der Waals surface area contributed by atoms with Gasteiger partial charge in [0.15, 0.2) is 0 Å². The van der Waals surface area contributed by atoms with Crippen LogP contribution in [0.3, 0.4) is 0 Å². The summed E-state index contributed by atoms with van der Waals surface area (Å²) < 4.78 is 5.34. The van der Waals surface area contributed by atoms with Gasteiger partial charge in [-0.3, -0.25) is 9.59 Å². The molecule has 1 unspecified atom stereocenters. The Kier molecular flexibility index (Phi) is 9.95. The molecule has 0 aliphatic carbocycles. The molecule has 2 aromatic carbocycles. The lowest BCUT2D eigenvalue weighted by Gasteiger charge is -2.31. The zero-order valence-corrected chi connectivity index (χ0v) is 21.1. The molecule has 5 heteroatoms. The van der Waals surface area contributed by atoms with Gasteiger partial charge < -0.3 is 15.0 Å². The van der Waals surface area contributed by atoms with Crippen LogP contribution in [-0.2, 0) is 28.0 Å². The van der Waals surface area contributed by atoms with Crippen LogP contribution in [0.15, 0.2) is 48.5 Å². The highest BCUT2D eigenvalue weighted by molar-refractivity contribution is 5.87. The van der Waals surface area contributed by atoms with Crippen LogP contribution < -0.4 is 10.1 Å². The van der Waals surface area contributed by atoms with Gasteiger partial charge >= 0.3 is 0 Å². The van der Waals surface area contributed by atoms with Crippen molar-refractivity contribution in [3.8, 4) is 5.75 Å². The first kappa shape index (κ1) is 26.4. The van der Waals surface area contributed by atoms with E-state index >= 15 is 0 Å². The van der Waals surface area contributed by atoms with E-state index in [2.05, 4.69) is 50.4 Å². The Morgan fingerprint density at radius 2 is 1.73 bits per heavy atom. The summed E-state index contributed by atoms with van der Waals surface area (Å²) in [6, 6.07) is 15.7. The van der Waals surface area contributed by atoms with E-state index in [9.17, 15) is 9.59 Å². The van der Waals surface area contributed by atoms with E-state index in [4.69, 9.17) is 4.74 Å². The van der Waals surface area contributed by atoms with Gasteiger partial charge in [-0.05, 0) is 53.5 Å². The minimum Gasteiger partial charge on any atom is -0.497 e. The van der Waals surface area contributed by atoms with Crippen LogP contribution in [0, 0.1) is 0 Å². The third-order valence-electron chi connectivity index (χ3n) is 5.87. The number of carbonyl (C=O) groups is 2. The van der Waals surface area contributed by atoms with Crippen LogP contribution in [0.25, 0.3) is 0 Å². The van der Waals surface area contributed by atoms with Crippen LogP contribution in [0.5, 0.6) is 5.75 Å². The molecule has 0 radical (unpaired) electrons. The van der Waals surface area contributed by atoms with E-state index in [-0.39, 0.29) is 17.2 Å². The Balaban J connectivity index is 2.19. The molecule has 2 rings (SSSR count). The van der Waals surface area contributed by atoms with Crippen molar-refractivity contribution in [3.05, 3.63) is 65.2 Å². The molecule has 33 heavy (non-hydrogen) atoms. The molecule has 0 fully saturated rings. The van der Waals surface area contributed by atoms with Gasteiger partial charge in [0, 0.05) is 19.5 Å². The molecule has 0 aromatic heterocycles.